The van der Waals surface area contributed by atoms with Gasteiger partial charge in [-0.25, -0.2) is 0 Å². The first-order valence-electron chi connectivity index (χ1n) is 6.70. The van der Waals surface area contributed by atoms with Gasteiger partial charge in [-0.3, -0.25) is 0 Å². The van der Waals surface area contributed by atoms with Crippen LogP contribution in [-0.2, 0) is 11.8 Å². The van der Waals surface area contributed by atoms with Crippen LogP contribution in [0.25, 0.3) is 0 Å². The van der Waals surface area contributed by atoms with E-state index in [0.717, 1.165) is 17.9 Å². The SMILES string of the molecule is CC(C)(C)C1=CCc2cc(C(C)(C)C)ccc2O1. The Morgan fingerprint density at radius 1 is 0.944 bits per heavy atom. The van der Waals surface area contributed by atoms with Crippen LogP contribution in [0.4, 0.5) is 0 Å². The molecule has 0 radical (unpaired) electrons. The largest absolute Gasteiger partial charge is 0.461 e. The van der Waals surface area contributed by atoms with Gasteiger partial charge >= 0.3 is 0 Å². The molecule has 0 unspecified atom stereocenters. The third-order valence-corrected chi connectivity index (χ3v) is 3.39. The molecular formula is C17H24O. The molecule has 0 aromatic heterocycles. The van der Waals surface area contributed by atoms with Gasteiger partial charge in [0.25, 0.3) is 0 Å². The van der Waals surface area contributed by atoms with E-state index in [1.54, 1.807) is 0 Å². The summed E-state index contributed by atoms with van der Waals surface area (Å²) in [5.41, 5.74) is 2.96. The fourth-order valence-corrected chi connectivity index (χ4v) is 2.13. The summed E-state index contributed by atoms with van der Waals surface area (Å²) >= 11 is 0. The minimum atomic E-state index is 0.0837. The molecule has 0 amide bonds. The van der Waals surface area contributed by atoms with Crippen LogP contribution in [-0.4, -0.2) is 0 Å². The van der Waals surface area contributed by atoms with Crippen molar-refractivity contribution in [2.45, 2.75) is 53.4 Å². The zero-order valence-corrected chi connectivity index (χ0v) is 12.4. The van der Waals surface area contributed by atoms with Gasteiger partial charge in [-0.2, -0.15) is 0 Å². The van der Waals surface area contributed by atoms with Gasteiger partial charge in [-0.15, -0.1) is 0 Å². The molecule has 0 atom stereocenters. The summed E-state index contributed by atoms with van der Waals surface area (Å²) in [7, 11) is 0. The third-order valence-electron chi connectivity index (χ3n) is 3.39. The smallest absolute Gasteiger partial charge is 0.130 e. The van der Waals surface area contributed by atoms with Crippen molar-refractivity contribution in [1.82, 2.24) is 0 Å². The van der Waals surface area contributed by atoms with Crippen LogP contribution in [0.5, 0.6) is 5.75 Å². The molecule has 0 spiro atoms. The second-order valence-electron chi connectivity index (χ2n) is 7.20. The van der Waals surface area contributed by atoms with Crippen molar-refractivity contribution in [1.29, 1.82) is 0 Å². The lowest BCUT2D eigenvalue weighted by atomic mass is 9.85. The van der Waals surface area contributed by atoms with E-state index in [1.807, 2.05) is 0 Å². The minimum Gasteiger partial charge on any atom is -0.461 e. The first kappa shape index (κ1) is 13.2. The quantitative estimate of drug-likeness (QED) is 0.634. The van der Waals surface area contributed by atoms with Crippen molar-refractivity contribution < 1.29 is 4.74 Å². The maximum absolute atomic E-state index is 6.03. The summed E-state index contributed by atoms with van der Waals surface area (Å²) in [4.78, 5) is 0. The average Bonchev–Trinajstić information content (AvgIpc) is 2.25. The van der Waals surface area contributed by atoms with Crippen molar-refractivity contribution in [2.24, 2.45) is 5.41 Å². The van der Waals surface area contributed by atoms with Crippen molar-refractivity contribution >= 4 is 0 Å². The van der Waals surface area contributed by atoms with Crippen molar-refractivity contribution in [3.8, 4) is 5.75 Å². The lowest BCUT2D eigenvalue weighted by Gasteiger charge is -2.28. The standard InChI is InChI=1S/C17H24O/c1-16(2,3)13-8-9-14-12(11-13)7-10-15(18-14)17(4,5)6/h8-11H,7H2,1-6H3. The Morgan fingerprint density at radius 3 is 2.17 bits per heavy atom. The zero-order chi connectivity index (χ0) is 13.6. The molecule has 0 bridgehead atoms. The van der Waals surface area contributed by atoms with Crippen LogP contribution in [0.3, 0.4) is 0 Å². The highest BCUT2D eigenvalue weighted by atomic mass is 16.5. The molecule has 1 heteroatoms. The molecule has 1 aliphatic rings. The highest BCUT2D eigenvalue weighted by Gasteiger charge is 2.24. The molecule has 1 heterocycles. The first-order valence-corrected chi connectivity index (χ1v) is 6.70. The van der Waals surface area contributed by atoms with Gasteiger partial charge in [-0.05, 0) is 35.1 Å². The highest BCUT2D eigenvalue weighted by Crippen LogP contribution is 2.36. The van der Waals surface area contributed by atoms with E-state index in [1.165, 1.54) is 11.1 Å². The van der Waals surface area contributed by atoms with E-state index < -0.39 is 0 Å². The summed E-state index contributed by atoms with van der Waals surface area (Å²) in [5.74, 6) is 2.11. The molecule has 18 heavy (non-hydrogen) atoms. The maximum Gasteiger partial charge on any atom is 0.130 e. The van der Waals surface area contributed by atoms with E-state index in [4.69, 9.17) is 4.74 Å². The van der Waals surface area contributed by atoms with Crippen LogP contribution in [0.15, 0.2) is 30.0 Å². The predicted molar refractivity (Wildman–Crippen MR) is 77.0 cm³/mol. The molecule has 0 saturated heterocycles. The number of rotatable bonds is 0. The molecule has 98 valence electrons. The fourth-order valence-electron chi connectivity index (χ4n) is 2.13. The molecule has 1 aromatic carbocycles. The lowest BCUT2D eigenvalue weighted by Crippen LogP contribution is -2.19. The summed E-state index contributed by atoms with van der Waals surface area (Å²) in [6.45, 7) is 13.3. The average molecular weight is 244 g/mol. The van der Waals surface area contributed by atoms with Gasteiger partial charge in [0, 0.05) is 5.41 Å². The third kappa shape index (κ3) is 2.60. The summed E-state index contributed by atoms with van der Waals surface area (Å²) in [6, 6.07) is 6.59. The maximum atomic E-state index is 6.03. The molecule has 0 fully saturated rings. The molecule has 2 rings (SSSR count). The predicted octanol–water partition coefficient (Wildman–Crippen LogP) is 4.85. The van der Waals surface area contributed by atoms with Gasteiger partial charge in [0.2, 0.25) is 0 Å². The number of benzene rings is 1. The first-order chi connectivity index (χ1) is 8.18. The second kappa shape index (κ2) is 4.15. The Balaban J connectivity index is 2.32. The zero-order valence-electron chi connectivity index (χ0n) is 12.4. The van der Waals surface area contributed by atoms with Crippen molar-refractivity contribution in [3.63, 3.8) is 0 Å². The number of hydrogen-bond donors (Lipinski definition) is 0. The van der Waals surface area contributed by atoms with Gasteiger partial charge in [0.1, 0.15) is 11.5 Å². The number of allylic oxidation sites excluding steroid dienone is 2. The van der Waals surface area contributed by atoms with Crippen LogP contribution >= 0.6 is 0 Å². The molecule has 0 N–H and O–H groups in total. The van der Waals surface area contributed by atoms with Crippen LogP contribution in [0.1, 0.15) is 52.7 Å². The number of ether oxygens (including phenoxy) is 1. The van der Waals surface area contributed by atoms with Gasteiger partial charge < -0.3 is 4.74 Å². The Kier molecular flexibility index (Phi) is 3.04. The normalized spacial score (nSPS) is 15.8. The van der Waals surface area contributed by atoms with E-state index in [9.17, 15) is 0 Å². The van der Waals surface area contributed by atoms with Gasteiger partial charge in [-0.1, -0.05) is 53.7 Å². The molecular weight excluding hydrogens is 220 g/mol. The van der Waals surface area contributed by atoms with Crippen LogP contribution < -0.4 is 4.74 Å². The molecule has 1 nitrogen and oxygen atoms in total. The van der Waals surface area contributed by atoms with Crippen LogP contribution in [0, 0.1) is 5.41 Å². The summed E-state index contributed by atoms with van der Waals surface area (Å²) in [5, 5.41) is 0. The topological polar surface area (TPSA) is 9.23 Å². The van der Waals surface area contributed by atoms with E-state index in [0.29, 0.717) is 0 Å². The minimum absolute atomic E-state index is 0.0837. The highest BCUT2D eigenvalue weighted by molar-refractivity contribution is 5.44. The van der Waals surface area contributed by atoms with Gasteiger partial charge in [0.05, 0.1) is 0 Å². The van der Waals surface area contributed by atoms with E-state index >= 15 is 0 Å². The van der Waals surface area contributed by atoms with E-state index in [-0.39, 0.29) is 10.8 Å². The summed E-state index contributed by atoms with van der Waals surface area (Å²) in [6.07, 6.45) is 3.20. The molecule has 0 aliphatic carbocycles. The Labute approximate surface area is 111 Å². The monoisotopic (exact) mass is 244 g/mol. The molecule has 0 saturated carbocycles. The number of hydrogen-bond acceptors (Lipinski definition) is 1. The van der Waals surface area contributed by atoms with Gasteiger partial charge in [0.15, 0.2) is 0 Å². The fraction of sp³-hybridized carbons (Fsp3) is 0.529. The van der Waals surface area contributed by atoms with Crippen molar-refractivity contribution in [3.05, 3.63) is 41.2 Å². The second-order valence-corrected chi connectivity index (χ2v) is 7.20. The Bertz CT molecular complexity index is 481. The Hall–Kier alpha value is -1.24. The van der Waals surface area contributed by atoms with Crippen LogP contribution in [0.2, 0.25) is 0 Å². The Morgan fingerprint density at radius 2 is 1.61 bits per heavy atom. The lowest BCUT2D eigenvalue weighted by molar-refractivity contribution is 0.284. The summed E-state index contributed by atoms with van der Waals surface area (Å²) < 4.78 is 6.03. The van der Waals surface area contributed by atoms with E-state index in [2.05, 4.69) is 65.8 Å². The number of fused-ring (bicyclic) bond motifs is 1. The molecule has 1 aromatic rings. The molecule has 1 aliphatic heterocycles. The van der Waals surface area contributed by atoms with Crippen molar-refractivity contribution in [2.75, 3.05) is 0 Å².